The van der Waals surface area contributed by atoms with E-state index >= 15 is 0 Å². The van der Waals surface area contributed by atoms with E-state index in [0.717, 1.165) is 19.3 Å². The van der Waals surface area contributed by atoms with Gasteiger partial charge >= 0.3 is 0 Å². The zero-order valence-corrected chi connectivity index (χ0v) is 14.3. The Balaban J connectivity index is 3.16. The molecular weight excluding hydrogens is 314 g/mol. The number of nitro groups is 1. The van der Waals surface area contributed by atoms with Crippen LogP contribution in [0.4, 0.5) is 5.69 Å². The molecule has 8 heteroatoms. The van der Waals surface area contributed by atoms with Crippen molar-refractivity contribution < 1.29 is 19.2 Å². The van der Waals surface area contributed by atoms with E-state index in [1.165, 1.54) is 19.2 Å². The fraction of sp³-hybridized carbons (Fsp3) is 0.562. The normalized spacial score (nSPS) is 11.7. The number of nitrogens with two attached hydrogens (primary N) is 1. The van der Waals surface area contributed by atoms with Crippen molar-refractivity contribution in [3.63, 3.8) is 0 Å². The second-order valence-electron chi connectivity index (χ2n) is 5.26. The summed E-state index contributed by atoms with van der Waals surface area (Å²) in [7, 11) is 1.39. The number of ether oxygens (including phenoxy) is 2. The maximum atomic E-state index is 12.5. The first kappa shape index (κ1) is 19.7. The van der Waals surface area contributed by atoms with Crippen LogP contribution in [0.25, 0.3) is 0 Å². The zero-order chi connectivity index (χ0) is 18.1. The summed E-state index contributed by atoms with van der Waals surface area (Å²) >= 11 is 0. The lowest BCUT2D eigenvalue weighted by Gasteiger charge is -2.17. The van der Waals surface area contributed by atoms with Gasteiger partial charge in [0.2, 0.25) is 0 Å². The smallest absolute Gasteiger partial charge is 0.286 e. The molecule has 3 N–H and O–H groups in total. The zero-order valence-electron chi connectivity index (χ0n) is 14.3. The quantitative estimate of drug-likeness (QED) is 0.499. The number of benzene rings is 1. The lowest BCUT2D eigenvalue weighted by molar-refractivity contribution is -0.385. The van der Waals surface area contributed by atoms with Gasteiger partial charge in [-0.2, -0.15) is 0 Å². The third-order valence-electron chi connectivity index (χ3n) is 3.55. The number of nitrogens with one attached hydrogen (secondary N) is 1. The molecule has 1 aromatic rings. The Hall–Kier alpha value is -2.35. The average molecular weight is 339 g/mol. The van der Waals surface area contributed by atoms with Crippen LogP contribution in [0.1, 0.15) is 43.5 Å². The van der Waals surface area contributed by atoms with Crippen LogP contribution < -0.4 is 20.5 Å². The van der Waals surface area contributed by atoms with Crippen LogP contribution in [0.3, 0.4) is 0 Å². The molecule has 0 aliphatic rings. The fourth-order valence-electron chi connectivity index (χ4n) is 2.27. The molecule has 1 atom stereocenters. The number of methoxy groups -OCH3 is 1. The van der Waals surface area contributed by atoms with Gasteiger partial charge in [0.05, 0.1) is 24.7 Å². The van der Waals surface area contributed by atoms with Crippen LogP contribution in [0.5, 0.6) is 11.5 Å². The minimum atomic E-state index is -0.614. The molecule has 0 spiro atoms. The molecule has 134 valence electrons. The minimum absolute atomic E-state index is 0.0702. The predicted molar refractivity (Wildman–Crippen MR) is 90.7 cm³/mol. The number of hydrogen-bond donors (Lipinski definition) is 2. The molecular formula is C16H25N3O5. The van der Waals surface area contributed by atoms with Crippen LogP contribution in [0, 0.1) is 10.1 Å². The van der Waals surface area contributed by atoms with Crippen molar-refractivity contribution in [2.75, 3.05) is 20.3 Å². The first-order valence-corrected chi connectivity index (χ1v) is 7.98. The van der Waals surface area contributed by atoms with Gasteiger partial charge in [0, 0.05) is 18.7 Å². The number of rotatable bonds is 10. The number of unbranched alkanes of at least 4 members (excludes halogenated alkanes) is 1. The molecule has 1 amide bonds. The fourth-order valence-corrected chi connectivity index (χ4v) is 2.27. The van der Waals surface area contributed by atoms with Gasteiger partial charge in [0.25, 0.3) is 11.6 Å². The highest BCUT2D eigenvalue weighted by atomic mass is 16.6. The van der Waals surface area contributed by atoms with Crippen molar-refractivity contribution in [2.24, 2.45) is 5.73 Å². The maximum absolute atomic E-state index is 12.5. The van der Waals surface area contributed by atoms with Crippen LogP contribution in [0.15, 0.2) is 12.1 Å². The number of nitrogens with zero attached hydrogens (tertiary/aromatic N) is 1. The standard InChI is InChI=1S/C16H25N3O5/c1-4-6-7-11(10-17)18-16(20)12-8-15(24-5-2)14(23-3)9-13(12)19(21)22/h8-9,11H,4-7,10,17H2,1-3H3,(H,18,20). The average Bonchev–Trinajstić information content (AvgIpc) is 2.57. The number of carbonyl (C=O) groups excluding carboxylic acids is 1. The maximum Gasteiger partial charge on any atom is 0.286 e. The van der Waals surface area contributed by atoms with E-state index in [4.69, 9.17) is 15.2 Å². The summed E-state index contributed by atoms with van der Waals surface area (Å²) in [5.74, 6) is -0.0491. The Kier molecular flexibility index (Phi) is 7.97. The second kappa shape index (κ2) is 9.71. The van der Waals surface area contributed by atoms with Gasteiger partial charge in [-0.1, -0.05) is 19.8 Å². The lowest BCUT2D eigenvalue weighted by Crippen LogP contribution is -2.40. The molecule has 0 saturated heterocycles. The van der Waals surface area contributed by atoms with Crippen LogP contribution in [0.2, 0.25) is 0 Å². The first-order chi connectivity index (χ1) is 11.5. The summed E-state index contributed by atoms with van der Waals surface area (Å²) in [6.45, 7) is 4.43. The number of hydrogen-bond acceptors (Lipinski definition) is 6. The van der Waals surface area contributed by atoms with Gasteiger partial charge in [0.1, 0.15) is 5.56 Å². The molecule has 1 rings (SSSR count). The van der Waals surface area contributed by atoms with E-state index in [1.54, 1.807) is 6.92 Å². The Morgan fingerprint density at radius 3 is 2.58 bits per heavy atom. The highest BCUT2D eigenvalue weighted by Crippen LogP contribution is 2.34. The molecule has 0 aliphatic carbocycles. The number of carbonyl (C=O) groups is 1. The van der Waals surface area contributed by atoms with Crippen molar-refractivity contribution in [3.05, 3.63) is 27.8 Å². The molecule has 0 heterocycles. The molecule has 0 aliphatic heterocycles. The van der Waals surface area contributed by atoms with E-state index in [-0.39, 0.29) is 35.3 Å². The van der Waals surface area contributed by atoms with E-state index < -0.39 is 10.8 Å². The van der Waals surface area contributed by atoms with Gasteiger partial charge in [-0.3, -0.25) is 14.9 Å². The SMILES string of the molecule is CCCCC(CN)NC(=O)c1cc(OCC)c(OC)cc1[N+](=O)[O-]. The minimum Gasteiger partial charge on any atom is -0.493 e. The Morgan fingerprint density at radius 2 is 2.08 bits per heavy atom. The van der Waals surface area contributed by atoms with Crippen molar-refractivity contribution in [2.45, 2.75) is 39.2 Å². The summed E-state index contributed by atoms with van der Waals surface area (Å²) < 4.78 is 10.5. The monoisotopic (exact) mass is 339 g/mol. The van der Waals surface area contributed by atoms with Crippen LogP contribution in [-0.4, -0.2) is 37.1 Å². The van der Waals surface area contributed by atoms with E-state index in [1.807, 2.05) is 6.92 Å². The van der Waals surface area contributed by atoms with Gasteiger partial charge < -0.3 is 20.5 Å². The van der Waals surface area contributed by atoms with Gasteiger partial charge in [-0.05, 0) is 13.3 Å². The van der Waals surface area contributed by atoms with Crippen LogP contribution in [-0.2, 0) is 0 Å². The largest absolute Gasteiger partial charge is 0.493 e. The van der Waals surface area contributed by atoms with Gasteiger partial charge in [-0.25, -0.2) is 0 Å². The molecule has 0 radical (unpaired) electrons. The molecule has 0 saturated carbocycles. The molecule has 1 unspecified atom stereocenters. The Morgan fingerprint density at radius 1 is 1.38 bits per heavy atom. The summed E-state index contributed by atoms with van der Waals surface area (Å²) in [4.78, 5) is 23.2. The van der Waals surface area contributed by atoms with E-state index in [0.29, 0.717) is 6.61 Å². The molecule has 0 bridgehead atoms. The van der Waals surface area contributed by atoms with Crippen molar-refractivity contribution in [1.29, 1.82) is 0 Å². The second-order valence-corrected chi connectivity index (χ2v) is 5.26. The van der Waals surface area contributed by atoms with Crippen molar-refractivity contribution in [3.8, 4) is 11.5 Å². The van der Waals surface area contributed by atoms with Crippen LogP contribution >= 0.6 is 0 Å². The Labute approximate surface area is 141 Å². The summed E-state index contributed by atoms with van der Waals surface area (Å²) in [5, 5.41) is 14.1. The molecule has 8 nitrogen and oxygen atoms in total. The molecule has 0 fully saturated rings. The van der Waals surface area contributed by atoms with Crippen molar-refractivity contribution >= 4 is 11.6 Å². The van der Waals surface area contributed by atoms with Crippen molar-refractivity contribution in [1.82, 2.24) is 5.32 Å². The third-order valence-corrected chi connectivity index (χ3v) is 3.55. The number of nitro benzene ring substituents is 1. The topological polar surface area (TPSA) is 117 Å². The first-order valence-electron chi connectivity index (χ1n) is 7.98. The van der Waals surface area contributed by atoms with Gasteiger partial charge in [-0.15, -0.1) is 0 Å². The predicted octanol–water partition coefficient (Wildman–Crippen LogP) is 2.25. The van der Waals surface area contributed by atoms with E-state index in [9.17, 15) is 14.9 Å². The summed E-state index contributed by atoms with van der Waals surface area (Å²) in [6, 6.07) is 2.31. The summed E-state index contributed by atoms with van der Waals surface area (Å²) in [5.41, 5.74) is 5.26. The highest BCUT2D eigenvalue weighted by Gasteiger charge is 2.25. The molecule has 0 aromatic heterocycles. The van der Waals surface area contributed by atoms with Gasteiger partial charge in [0.15, 0.2) is 11.5 Å². The Bertz CT molecular complexity index is 577. The molecule has 24 heavy (non-hydrogen) atoms. The summed E-state index contributed by atoms with van der Waals surface area (Å²) in [6.07, 6.45) is 2.61. The molecule has 1 aromatic carbocycles. The lowest BCUT2D eigenvalue weighted by atomic mass is 10.1. The third kappa shape index (κ3) is 5.09. The van der Waals surface area contributed by atoms with E-state index in [2.05, 4.69) is 5.32 Å². The number of amides is 1. The highest BCUT2D eigenvalue weighted by molar-refractivity contribution is 5.99.